The number of hydrogen-bond donors (Lipinski definition) is 1. The summed E-state index contributed by atoms with van der Waals surface area (Å²) in [6, 6.07) is 3.84. The van der Waals surface area contributed by atoms with Crippen molar-refractivity contribution >= 4 is 23.1 Å². The molecule has 3 aliphatic rings. The Balaban J connectivity index is 1.27. The number of urea groups is 1. The molecule has 3 amide bonds. The highest BCUT2D eigenvalue weighted by Gasteiger charge is 2.35. The van der Waals surface area contributed by atoms with E-state index in [0.29, 0.717) is 13.0 Å². The minimum Gasteiger partial charge on any atom is -0.381 e. The molecule has 9 heteroatoms. The fraction of sp³-hybridized carbons (Fsp3) is 0.625. The van der Waals surface area contributed by atoms with Crippen LogP contribution in [0.3, 0.4) is 0 Å². The van der Waals surface area contributed by atoms with Crippen LogP contribution in [0.15, 0.2) is 24.5 Å². The summed E-state index contributed by atoms with van der Waals surface area (Å²) in [5.74, 6) is 0.515. The van der Waals surface area contributed by atoms with Crippen molar-refractivity contribution in [2.24, 2.45) is 5.92 Å². The molecule has 0 saturated carbocycles. The average molecular weight is 455 g/mol. The van der Waals surface area contributed by atoms with Crippen molar-refractivity contribution in [2.75, 3.05) is 50.8 Å². The molecular formula is C24H34N6O3. The van der Waals surface area contributed by atoms with E-state index in [4.69, 9.17) is 4.74 Å². The van der Waals surface area contributed by atoms with Crippen LogP contribution in [0.2, 0.25) is 0 Å². The molecule has 3 saturated heterocycles. The van der Waals surface area contributed by atoms with Crippen molar-refractivity contribution in [3.05, 3.63) is 30.1 Å². The van der Waals surface area contributed by atoms with Gasteiger partial charge in [0.2, 0.25) is 5.91 Å². The van der Waals surface area contributed by atoms with Gasteiger partial charge in [0.15, 0.2) is 0 Å². The maximum atomic E-state index is 12.3. The maximum Gasteiger partial charge on any atom is 0.328 e. The molecule has 0 radical (unpaired) electrons. The molecule has 0 aliphatic carbocycles. The van der Waals surface area contributed by atoms with Crippen molar-refractivity contribution in [1.82, 2.24) is 24.7 Å². The first-order chi connectivity index (χ1) is 15.9. The topological polar surface area (TPSA) is 82.4 Å². The van der Waals surface area contributed by atoms with Crippen molar-refractivity contribution in [1.29, 1.82) is 0 Å². The number of anilines is 1. The highest BCUT2D eigenvalue weighted by molar-refractivity contribution is 6.07. The van der Waals surface area contributed by atoms with E-state index in [-0.39, 0.29) is 17.5 Å². The van der Waals surface area contributed by atoms with Gasteiger partial charge in [0.25, 0.3) is 0 Å². The maximum absolute atomic E-state index is 12.3. The van der Waals surface area contributed by atoms with Crippen LogP contribution in [-0.4, -0.2) is 82.8 Å². The van der Waals surface area contributed by atoms with Crippen LogP contribution in [0.1, 0.15) is 38.7 Å². The molecule has 0 aromatic carbocycles. The fourth-order valence-corrected chi connectivity index (χ4v) is 5.38. The Hall–Kier alpha value is -2.49. The van der Waals surface area contributed by atoms with E-state index in [1.165, 1.54) is 18.4 Å². The standard InChI is InChI=1S/C24H34N6O3/c1-24(2)17-27(9-10-28(24)16-18-5-11-33-12-6-18)15-19-3-8-30-20(13-19)21(14-25-30)29-7-4-22(31)26-23(29)32/h3,8,13-14,18H,4-7,9-12,15-17H2,1-2H3,(H,26,31,32). The van der Waals surface area contributed by atoms with Crippen LogP contribution in [0.5, 0.6) is 0 Å². The number of imide groups is 1. The summed E-state index contributed by atoms with van der Waals surface area (Å²) in [6.07, 6.45) is 6.30. The van der Waals surface area contributed by atoms with Crippen LogP contribution in [0.25, 0.3) is 5.52 Å². The Morgan fingerprint density at radius 3 is 2.76 bits per heavy atom. The first kappa shape index (κ1) is 22.3. The molecule has 5 rings (SSSR count). The zero-order valence-corrected chi connectivity index (χ0v) is 19.6. The van der Waals surface area contributed by atoms with E-state index in [2.05, 4.69) is 46.2 Å². The number of hydrogen-bond acceptors (Lipinski definition) is 6. The normalized spacial score (nSPS) is 23.3. The predicted molar refractivity (Wildman–Crippen MR) is 125 cm³/mol. The summed E-state index contributed by atoms with van der Waals surface area (Å²) in [7, 11) is 0. The van der Waals surface area contributed by atoms with Gasteiger partial charge in [0.05, 0.1) is 17.4 Å². The predicted octanol–water partition coefficient (Wildman–Crippen LogP) is 2.10. The van der Waals surface area contributed by atoms with Crippen LogP contribution in [-0.2, 0) is 16.1 Å². The quantitative estimate of drug-likeness (QED) is 0.745. The Morgan fingerprint density at radius 2 is 2.00 bits per heavy atom. The molecule has 178 valence electrons. The van der Waals surface area contributed by atoms with Gasteiger partial charge in [-0.1, -0.05) is 0 Å². The number of carbonyl (C=O) groups excluding carboxylic acids is 2. The summed E-state index contributed by atoms with van der Waals surface area (Å²) in [6.45, 7) is 12.0. The van der Waals surface area contributed by atoms with Crippen LogP contribution in [0.4, 0.5) is 10.5 Å². The van der Waals surface area contributed by atoms with Gasteiger partial charge < -0.3 is 4.74 Å². The van der Waals surface area contributed by atoms with Crippen molar-refractivity contribution in [3.63, 3.8) is 0 Å². The van der Waals surface area contributed by atoms with E-state index in [1.54, 1.807) is 15.6 Å². The molecule has 2 aromatic heterocycles. The van der Waals surface area contributed by atoms with Crippen LogP contribution >= 0.6 is 0 Å². The molecule has 5 heterocycles. The minimum absolute atomic E-state index is 0.126. The summed E-state index contributed by atoms with van der Waals surface area (Å²) in [5, 5.41) is 6.80. The molecule has 0 spiro atoms. The zero-order valence-electron chi connectivity index (χ0n) is 19.6. The molecule has 2 aromatic rings. The average Bonchev–Trinajstić information content (AvgIpc) is 3.19. The minimum atomic E-state index is -0.381. The Kier molecular flexibility index (Phi) is 6.11. The summed E-state index contributed by atoms with van der Waals surface area (Å²) < 4.78 is 7.32. The lowest BCUT2D eigenvalue weighted by atomic mass is 9.93. The molecular weight excluding hydrogens is 420 g/mol. The fourth-order valence-electron chi connectivity index (χ4n) is 5.38. The Bertz CT molecular complexity index is 1030. The molecule has 33 heavy (non-hydrogen) atoms. The lowest BCUT2D eigenvalue weighted by Crippen LogP contribution is -2.60. The number of nitrogens with zero attached hydrogens (tertiary/aromatic N) is 5. The Labute approximate surface area is 194 Å². The molecule has 0 bridgehead atoms. The number of amides is 3. The molecule has 1 N–H and O–H groups in total. The van der Waals surface area contributed by atoms with Gasteiger partial charge in [-0.2, -0.15) is 5.10 Å². The number of aromatic nitrogens is 2. The van der Waals surface area contributed by atoms with Gasteiger partial charge >= 0.3 is 6.03 Å². The summed E-state index contributed by atoms with van der Waals surface area (Å²) >= 11 is 0. The van der Waals surface area contributed by atoms with Crippen molar-refractivity contribution in [3.8, 4) is 0 Å². The number of carbonyl (C=O) groups is 2. The van der Waals surface area contributed by atoms with Gasteiger partial charge in [-0.15, -0.1) is 0 Å². The number of pyridine rings is 1. The lowest BCUT2D eigenvalue weighted by Gasteiger charge is -2.48. The first-order valence-corrected chi connectivity index (χ1v) is 12.0. The van der Waals surface area contributed by atoms with E-state index in [9.17, 15) is 9.59 Å². The third kappa shape index (κ3) is 4.76. The second-order valence-electron chi connectivity index (χ2n) is 10.2. The van der Waals surface area contributed by atoms with Crippen LogP contribution < -0.4 is 10.2 Å². The highest BCUT2D eigenvalue weighted by atomic mass is 16.5. The smallest absolute Gasteiger partial charge is 0.328 e. The summed E-state index contributed by atoms with van der Waals surface area (Å²) in [4.78, 5) is 30.6. The van der Waals surface area contributed by atoms with Crippen molar-refractivity contribution in [2.45, 2.75) is 45.2 Å². The largest absolute Gasteiger partial charge is 0.381 e. The Morgan fingerprint density at radius 1 is 1.18 bits per heavy atom. The molecule has 3 fully saturated rings. The molecule has 0 atom stereocenters. The molecule has 9 nitrogen and oxygen atoms in total. The zero-order chi connectivity index (χ0) is 23.0. The van der Waals surface area contributed by atoms with E-state index < -0.39 is 0 Å². The van der Waals surface area contributed by atoms with Gasteiger partial charge in [-0.05, 0) is 50.3 Å². The SMILES string of the molecule is CC1(C)CN(Cc2ccn3ncc(N4CCC(=O)NC4=O)c3c2)CCN1CC1CCOCC1. The van der Waals surface area contributed by atoms with Gasteiger partial charge in [-0.25, -0.2) is 9.31 Å². The molecule has 3 aliphatic heterocycles. The third-order valence-corrected chi connectivity index (χ3v) is 7.29. The van der Waals surface area contributed by atoms with Crippen LogP contribution in [0, 0.1) is 5.92 Å². The third-order valence-electron chi connectivity index (χ3n) is 7.29. The highest BCUT2D eigenvalue weighted by Crippen LogP contribution is 2.28. The second kappa shape index (κ2) is 9.04. The lowest BCUT2D eigenvalue weighted by molar-refractivity contribution is -0.120. The number of nitrogens with one attached hydrogen (secondary N) is 1. The van der Waals surface area contributed by atoms with E-state index in [0.717, 1.165) is 63.1 Å². The van der Waals surface area contributed by atoms with Gasteiger partial charge in [0, 0.05) is 70.6 Å². The second-order valence-corrected chi connectivity index (χ2v) is 10.2. The number of ether oxygens (including phenoxy) is 1. The van der Waals surface area contributed by atoms with Crippen molar-refractivity contribution < 1.29 is 14.3 Å². The van der Waals surface area contributed by atoms with E-state index >= 15 is 0 Å². The summed E-state index contributed by atoms with van der Waals surface area (Å²) in [5.41, 5.74) is 2.95. The van der Waals surface area contributed by atoms with Gasteiger partial charge in [0.1, 0.15) is 0 Å². The molecule has 0 unspecified atom stereocenters. The van der Waals surface area contributed by atoms with E-state index in [1.807, 2.05) is 6.20 Å². The number of piperazine rings is 1. The monoisotopic (exact) mass is 454 g/mol. The first-order valence-electron chi connectivity index (χ1n) is 12.0. The number of fused-ring (bicyclic) bond motifs is 1. The number of rotatable bonds is 5. The van der Waals surface area contributed by atoms with Gasteiger partial charge in [-0.3, -0.25) is 24.8 Å².